The molecule has 3 rings (SSSR count). The van der Waals surface area contributed by atoms with Gasteiger partial charge in [-0.25, -0.2) is 4.79 Å². The first-order chi connectivity index (χ1) is 10.6. The van der Waals surface area contributed by atoms with Crippen LogP contribution in [0.5, 0.6) is 0 Å². The summed E-state index contributed by atoms with van der Waals surface area (Å²) in [6, 6.07) is 9.88. The fraction of sp³-hybridized carbons (Fsp3) is 0.500. The van der Waals surface area contributed by atoms with Crippen molar-refractivity contribution in [1.82, 2.24) is 4.90 Å². The van der Waals surface area contributed by atoms with Crippen LogP contribution < -0.4 is 0 Å². The molecule has 2 fully saturated rings. The third kappa shape index (κ3) is 3.02. The minimum atomic E-state index is -0.705. The van der Waals surface area contributed by atoms with E-state index in [9.17, 15) is 9.90 Å². The number of amides is 1. The van der Waals surface area contributed by atoms with Gasteiger partial charge in [-0.05, 0) is 37.7 Å². The Morgan fingerprint density at radius 2 is 1.95 bits per heavy atom. The number of carbonyl (C=O) groups is 1. The molecule has 0 radical (unpaired) electrons. The van der Waals surface area contributed by atoms with Crippen LogP contribution in [0.1, 0.15) is 37.7 Å². The van der Waals surface area contributed by atoms with Gasteiger partial charge in [-0.3, -0.25) is 0 Å². The van der Waals surface area contributed by atoms with Crippen molar-refractivity contribution >= 4 is 6.09 Å². The molecule has 1 aromatic carbocycles. The highest BCUT2D eigenvalue weighted by atomic mass is 16.6. The van der Waals surface area contributed by atoms with Gasteiger partial charge in [-0.15, -0.1) is 6.58 Å². The van der Waals surface area contributed by atoms with Crippen LogP contribution >= 0.6 is 0 Å². The zero-order valence-corrected chi connectivity index (χ0v) is 12.8. The standard InChI is InChI=1S/C18H23NO3/c1-2-10-18(21)11-15-8-9-16(12-18)19(15)17(20)22-13-14-6-4-3-5-7-14/h2-7,15-16,21H,1,8-13H2. The van der Waals surface area contributed by atoms with E-state index >= 15 is 0 Å². The topological polar surface area (TPSA) is 49.8 Å². The number of ether oxygens (including phenoxy) is 1. The minimum Gasteiger partial charge on any atom is -0.445 e. The van der Waals surface area contributed by atoms with Crippen LogP contribution in [0.3, 0.4) is 0 Å². The highest BCUT2D eigenvalue weighted by Gasteiger charge is 2.49. The molecular formula is C18H23NO3. The molecule has 1 N–H and O–H groups in total. The Morgan fingerprint density at radius 3 is 2.55 bits per heavy atom. The average Bonchev–Trinajstić information content (AvgIpc) is 2.79. The second-order valence-electron chi connectivity index (χ2n) is 6.46. The molecule has 2 unspecified atom stereocenters. The molecule has 2 aliphatic heterocycles. The van der Waals surface area contributed by atoms with Crippen LogP contribution in [-0.2, 0) is 11.3 Å². The average molecular weight is 301 g/mol. The lowest BCUT2D eigenvalue weighted by Gasteiger charge is -2.42. The van der Waals surface area contributed by atoms with Crippen LogP contribution in [0.2, 0.25) is 0 Å². The number of hydrogen-bond donors (Lipinski definition) is 1. The number of aliphatic hydroxyl groups is 1. The molecule has 1 amide bonds. The number of nitrogens with zero attached hydrogens (tertiary/aromatic N) is 1. The second-order valence-corrected chi connectivity index (χ2v) is 6.46. The number of fused-ring (bicyclic) bond motifs is 2. The number of carbonyl (C=O) groups excluding carboxylic acids is 1. The number of rotatable bonds is 4. The first-order valence-electron chi connectivity index (χ1n) is 7.93. The molecule has 118 valence electrons. The maximum absolute atomic E-state index is 12.4. The van der Waals surface area contributed by atoms with E-state index in [2.05, 4.69) is 6.58 Å². The number of hydrogen-bond acceptors (Lipinski definition) is 3. The summed E-state index contributed by atoms with van der Waals surface area (Å²) in [4.78, 5) is 14.3. The van der Waals surface area contributed by atoms with Gasteiger partial charge in [0.15, 0.2) is 0 Å². The maximum atomic E-state index is 12.4. The molecule has 2 saturated heterocycles. The van der Waals surface area contributed by atoms with E-state index in [1.165, 1.54) is 0 Å². The Morgan fingerprint density at radius 1 is 1.32 bits per heavy atom. The molecule has 2 aliphatic rings. The van der Waals surface area contributed by atoms with E-state index in [1.54, 1.807) is 6.08 Å². The first kappa shape index (κ1) is 15.1. The molecule has 2 heterocycles. The molecule has 22 heavy (non-hydrogen) atoms. The lowest BCUT2D eigenvalue weighted by Crippen LogP contribution is -2.53. The van der Waals surface area contributed by atoms with E-state index in [0.717, 1.165) is 18.4 Å². The molecule has 1 aromatic rings. The third-order valence-electron chi connectivity index (χ3n) is 4.79. The molecule has 0 spiro atoms. The Bertz CT molecular complexity index is 529. The Balaban J connectivity index is 1.61. The summed E-state index contributed by atoms with van der Waals surface area (Å²) in [7, 11) is 0. The number of benzene rings is 1. The van der Waals surface area contributed by atoms with Crippen LogP contribution in [0.4, 0.5) is 4.79 Å². The summed E-state index contributed by atoms with van der Waals surface area (Å²) in [5, 5.41) is 10.6. The Hall–Kier alpha value is -1.81. The maximum Gasteiger partial charge on any atom is 0.410 e. The van der Waals surface area contributed by atoms with Crippen molar-refractivity contribution in [2.75, 3.05) is 0 Å². The van der Waals surface area contributed by atoms with Crippen LogP contribution in [0.25, 0.3) is 0 Å². The van der Waals surface area contributed by atoms with Crippen molar-refractivity contribution in [3.8, 4) is 0 Å². The van der Waals surface area contributed by atoms with E-state index in [0.29, 0.717) is 25.9 Å². The van der Waals surface area contributed by atoms with Crippen molar-refractivity contribution in [3.63, 3.8) is 0 Å². The van der Waals surface area contributed by atoms with Gasteiger partial charge in [0.05, 0.1) is 5.60 Å². The van der Waals surface area contributed by atoms with E-state index < -0.39 is 5.60 Å². The molecule has 0 aliphatic carbocycles. The highest BCUT2D eigenvalue weighted by Crippen LogP contribution is 2.42. The van der Waals surface area contributed by atoms with Gasteiger partial charge >= 0.3 is 6.09 Å². The monoisotopic (exact) mass is 301 g/mol. The highest BCUT2D eigenvalue weighted by molar-refractivity contribution is 5.69. The quantitative estimate of drug-likeness (QED) is 0.868. The van der Waals surface area contributed by atoms with Crippen LogP contribution in [0.15, 0.2) is 43.0 Å². The first-order valence-corrected chi connectivity index (χ1v) is 7.93. The summed E-state index contributed by atoms with van der Waals surface area (Å²) in [5.41, 5.74) is 0.285. The zero-order valence-electron chi connectivity index (χ0n) is 12.8. The molecule has 0 saturated carbocycles. The molecule has 4 heteroatoms. The van der Waals surface area contributed by atoms with Gasteiger partial charge in [-0.2, -0.15) is 0 Å². The molecular weight excluding hydrogens is 278 g/mol. The summed E-state index contributed by atoms with van der Waals surface area (Å²) >= 11 is 0. The van der Waals surface area contributed by atoms with E-state index in [1.807, 2.05) is 35.2 Å². The Labute approximate surface area is 131 Å². The normalized spacial score (nSPS) is 30.1. The van der Waals surface area contributed by atoms with Crippen molar-refractivity contribution in [2.45, 2.75) is 56.4 Å². The van der Waals surface area contributed by atoms with Gasteiger partial charge < -0.3 is 14.7 Å². The minimum absolute atomic E-state index is 0.0898. The largest absolute Gasteiger partial charge is 0.445 e. The number of piperidine rings is 1. The summed E-state index contributed by atoms with van der Waals surface area (Å²) < 4.78 is 5.46. The predicted molar refractivity (Wildman–Crippen MR) is 84.3 cm³/mol. The van der Waals surface area contributed by atoms with Crippen LogP contribution in [0, 0.1) is 0 Å². The SMILES string of the molecule is C=CCC1(O)CC2CCC(C1)N2C(=O)OCc1ccccc1. The van der Waals surface area contributed by atoms with Crippen molar-refractivity contribution in [3.05, 3.63) is 48.6 Å². The molecule has 0 aromatic heterocycles. The predicted octanol–water partition coefficient (Wildman–Crippen LogP) is 3.26. The van der Waals surface area contributed by atoms with E-state index in [-0.39, 0.29) is 18.2 Å². The van der Waals surface area contributed by atoms with Crippen molar-refractivity contribution < 1.29 is 14.6 Å². The van der Waals surface area contributed by atoms with Gasteiger partial charge in [0.2, 0.25) is 0 Å². The van der Waals surface area contributed by atoms with E-state index in [4.69, 9.17) is 4.74 Å². The van der Waals surface area contributed by atoms with Crippen molar-refractivity contribution in [1.29, 1.82) is 0 Å². The summed E-state index contributed by atoms with van der Waals surface area (Å²) in [5.74, 6) is 0. The van der Waals surface area contributed by atoms with Gasteiger partial charge in [0.25, 0.3) is 0 Å². The zero-order chi connectivity index (χ0) is 15.6. The van der Waals surface area contributed by atoms with Gasteiger partial charge in [0, 0.05) is 12.1 Å². The van der Waals surface area contributed by atoms with Gasteiger partial charge in [-0.1, -0.05) is 36.4 Å². The Kier molecular flexibility index (Phi) is 4.21. The van der Waals surface area contributed by atoms with Gasteiger partial charge in [0.1, 0.15) is 6.61 Å². The van der Waals surface area contributed by atoms with Crippen molar-refractivity contribution in [2.24, 2.45) is 0 Å². The lowest BCUT2D eigenvalue weighted by molar-refractivity contribution is -0.0468. The summed E-state index contributed by atoms with van der Waals surface area (Å²) in [6.07, 6.45) is 5.24. The van der Waals surface area contributed by atoms with Crippen LogP contribution in [-0.4, -0.2) is 33.8 Å². The molecule has 2 bridgehead atoms. The fourth-order valence-corrected chi connectivity index (χ4v) is 3.85. The third-order valence-corrected chi connectivity index (χ3v) is 4.79. The second kappa shape index (κ2) is 6.13. The smallest absolute Gasteiger partial charge is 0.410 e. The molecule has 4 nitrogen and oxygen atoms in total. The molecule has 2 atom stereocenters. The lowest BCUT2D eigenvalue weighted by atomic mass is 9.84. The fourth-order valence-electron chi connectivity index (χ4n) is 3.85. The summed E-state index contributed by atoms with van der Waals surface area (Å²) in [6.45, 7) is 4.02.